The summed E-state index contributed by atoms with van der Waals surface area (Å²) in [5.74, 6) is 0. The molecule has 0 unspecified atom stereocenters. The van der Waals surface area contributed by atoms with Crippen LogP contribution in [-0.2, 0) is 13.5 Å². The molecule has 3 rings (SSSR count). The molecular formula is C20H26N2. The van der Waals surface area contributed by atoms with Crippen LogP contribution in [0, 0.1) is 0 Å². The van der Waals surface area contributed by atoms with Crippen LogP contribution < -0.4 is 0 Å². The third kappa shape index (κ3) is 3.01. The molecule has 22 heavy (non-hydrogen) atoms. The molecule has 0 saturated heterocycles. The Labute approximate surface area is 133 Å². The second-order valence-corrected chi connectivity index (χ2v) is 6.29. The Morgan fingerprint density at radius 3 is 2.55 bits per heavy atom. The number of rotatable bonds is 7. The lowest BCUT2D eigenvalue weighted by Crippen LogP contribution is -1.93. The molecule has 0 aliphatic rings. The highest BCUT2D eigenvalue weighted by Crippen LogP contribution is 2.27. The first kappa shape index (κ1) is 15.1. The van der Waals surface area contributed by atoms with Crippen molar-refractivity contribution in [3.05, 3.63) is 42.2 Å². The average molecular weight is 294 g/mol. The van der Waals surface area contributed by atoms with E-state index in [1.54, 1.807) is 0 Å². The van der Waals surface area contributed by atoms with E-state index in [-0.39, 0.29) is 0 Å². The molecule has 116 valence electrons. The zero-order valence-electron chi connectivity index (χ0n) is 13.8. The van der Waals surface area contributed by atoms with Crippen LogP contribution in [-0.4, -0.2) is 9.55 Å². The van der Waals surface area contributed by atoms with Crippen LogP contribution in [0.5, 0.6) is 0 Å². The van der Waals surface area contributed by atoms with Gasteiger partial charge in [-0.1, -0.05) is 57.2 Å². The molecule has 0 amide bonds. The standard InChI is InChI=1S/C20H26N2/c1-3-4-5-6-7-8-11-16-14-20-18(15-21-16)17-12-9-10-13-19(17)22(20)2/h9-10,12-15H,3-8,11H2,1-2H3. The lowest BCUT2D eigenvalue weighted by atomic mass is 10.1. The van der Waals surface area contributed by atoms with E-state index in [4.69, 9.17) is 4.98 Å². The van der Waals surface area contributed by atoms with E-state index in [0.29, 0.717) is 0 Å². The molecule has 0 atom stereocenters. The summed E-state index contributed by atoms with van der Waals surface area (Å²) in [5.41, 5.74) is 3.82. The SMILES string of the molecule is CCCCCCCCc1cc2c(cn1)c1ccccc1n2C. The smallest absolute Gasteiger partial charge is 0.0522 e. The number of nitrogens with zero attached hydrogens (tertiary/aromatic N) is 2. The van der Waals surface area contributed by atoms with Crippen molar-refractivity contribution in [2.45, 2.75) is 51.9 Å². The highest BCUT2D eigenvalue weighted by atomic mass is 14.9. The summed E-state index contributed by atoms with van der Waals surface area (Å²) in [5, 5.41) is 2.57. The number of para-hydroxylation sites is 1. The van der Waals surface area contributed by atoms with E-state index >= 15 is 0 Å². The number of aryl methyl sites for hydroxylation is 2. The number of benzene rings is 1. The Morgan fingerprint density at radius 1 is 0.909 bits per heavy atom. The predicted molar refractivity (Wildman–Crippen MR) is 95.3 cm³/mol. The molecule has 0 bridgehead atoms. The molecule has 2 heteroatoms. The Hall–Kier alpha value is -1.83. The molecule has 0 fully saturated rings. The van der Waals surface area contributed by atoms with Crippen molar-refractivity contribution in [3.63, 3.8) is 0 Å². The van der Waals surface area contributed by atoms with Gasteiger partial charge in [0.25, 0.3) is 0 Å². The van der Waals surface area contributed by atoms with Crippen LogP contribution in [0.4, 0.5) is 0 Å². The van der Waals surface area contributed by atoms with Crippen LogP contribution in [0.2, 0.25) is 0 Å². The van der Waals surface area contributed by atoms with Gasteiger partial charge < -0.3 is 4.57 Å². The van der Waals surface area contributed by atoms with Crippen LogP contribution in [0.3, 0.4) is 0 Å². The van der Waals surface area contributed by atoms with Gasteiger partial charge >= 0.3 is 0 Å². The van der Waals surface area contributed by atoms with Crippen molar-refractivity contribution in [1.29, 1.82) is 0 Å². The quantitative estimate of drug-likeness (QED) is 0.516. The van der Waals surface area contributed by atoms with Gasteiger partial charge in [-0.15, -0.1) is 0 Å². The molecule has 1 aromatic carbocycles. The lowest BCUT2D eigenvalue weighted by Gasteiger charge is -2.03. The molecule has 2 aromatic heterocycles. The van der Waals surface area contributed by atoms with E-state index in [9.17, 15) is 0 Å². The monoisotopic (exact) mass is 294 g/mol. The summed E-state index contributed by atoms with van der Waals surface area (Å²) >= 11 is 0. The molecule has 0 saturated carbocycles. The Kier molecular flexibility index (Phi) is 4.77. The van der Waals surface area contributed by atoms with E-state index in [1.165, 1.54) is 66.0 Å². The van der Waals surface area contributed by atoms with Gasteiger partial charge in [-0.2, -0.15) is 0 Å². The number of unbranched alkanes of at least 4 members (excludes halogenated alkanes) is 5. The van der Waals surface area contributed by atoms with Crippen molar-refractivity contribution in [3.8, 4) is 0 Å². The Morgan fingerprint density at radius 2 is 1.68 bits per heavy atom. The molecular weight excluding hydrogens is 268 g/mol. The van der Waals surface area contributed by atoms with Gasteiger partial charge in [-0.25, -0.2) is 0 Å². The average Bonchev–Trinajstić information content (AvgIpc) is 2.84. The fraction of sp³-hybridized carbons (Fsp3) is 0.450. The molecule has 0 radical (unpaired) electrons. The molecule has 2 heterocycles. The predicted octanol–water partition coefficient (Wildman–Crippen LogP) is 5.63. The maximum absolute atomic E-state index is 4.69. The normalized spacial score (nSPS) is 11.5. The minimum Gasteiger partial charge on any atom is -0.344 e. The number of hydrogen-bond acceptors (Lipinski definition) is 1. The molecule has 3 aromatic rings. The molecule has 2 nitrogen and oxygen atoms in total. The number of aromatic nitrogens is 2. The van der Waals surface area contributed by atoms with E-state index < -0.39 is 0 Å². The topological polar surface area (TPSA) is 17.8 Å². The van der Waals surface area contributed by atoms with Crippen molar-refractivity contribution < 1.29 is 0 Å². The van der Waals surface area contributed by atoms with Gasteiger partial charge in [0.05, 0.1) is 5.52 Å². The van der Waals surface area contributed by atoms with E-state index in [1.807, 2.05) is 0 Å². The van der Waals surface area contributed by atoms with Crippen LogP contribution >= 0.6 is 0 Å². The summed E-state index contributed by atoms with van der Waals surface area (Å²) in [6.07, 6.45) is 11.2. The Bertz CT molecular complexity index is 755. The van der Waals surface area contributed by atoms with Crippen LogP contribution in [0.15, 0.2) is 36.5 Å². The first-order chi connectivity index (χ1) is 10.8. The summed E-state index contributed by atoms with van der Waals surface area (Å²) in [6, 6.07) is 10.9. The Balaban J connectivity index is 1.73. The minimum atomic E-state index is 1.10. The molecule has 0 N–H and O–H groups in total. The summed E-state index contributed by atoms with van der Waals surface area (Å²) in [6.45, 7) is 2.27. The zero-order valence-corrected chi connectivity index (χ0v) is 13.8. The molecule has 0 aliphatic heterocycles. The third-order valence-electron chi connectivity index (χ3n) is 4.64. The van der Waals surface area contributed by atoms with Crippen LogP contribution in [0.25, 0.3) is 21.8 Å². The molecule has 0 spiro atoms. The van der Waals surface area contributed by atoms with Gasteiger partial charge in [0, 0.05) is 35.2 Å². The van der Waals surface area contributed by atoms with Gasteiger partial charge in [-0.05, 0) is 25.0 Å². The summed E-state index contributed by atoms with van der Waals surface area (Å²) in [7, 11) is 2.15. The first-order valence-corrected chi connectivity index (χ1v) is 8.63. The number of pyridine rings is 1. The van der Waals surface area contributed by atoms with Crippen LogP contribution in [0.1, 0.15) is 51.1 Å². The second-order valence-electron chi connectivity index (χ2n) is 6.29. The van der Waals surface area contributed by atoms with E-state index in [2.05, 4.69) is 55.1 Å². The number of hydrogen-bond donors (Lipinski definition) is 0. The number of fused-ring (bicyclic) bond motifs is 3. The maximum atomic E-state index is 4.69. The van der Waals surface area contributed by atoms with Crippen molar-refractivity contribution in [1.82, 2.24) is 9.55 Å². The van der Waals surface area contributed by atoms with Crippen molar-refractivity contribution in [2.24, 2.45) is 7.05 Å². The largest absolute Gasteiger partial charge is 0.344 e. The maximum Gasteiger partial charge on any atom is 0.0522 e. The summed E-state index contributed by atoms with van der Waals surface area (Å²) < 4.78 is 2.29. The fourth-order valence-corrected chi connectivity index (χ4v) is 3.32. The van der Waals surface area contributed by atoms with Gasteiger partial charge in [0.2, 0.25) is 0 Å². The minimum absolute atomic E-state index is 1.10. The first-order valence-electron chi connectivity index (χ1n) is 8.63. The highest BCUT2D eigenvalue weighted by Gasteiger charge is 2.08. The van der Waals surface area contributed by atoms with Gasteiger partial charge in [0.15, 0.2) is 0 Å². The lowest BCUT2D eigenvalue weighted by molar-refractivity contribution is 0.605. The van der Waals surface area contributed by atoms with Gasteiger partial charge in [-0.3, -0.25) is 4.98 Å². The second kappa shape index (κ2) is 6.95. The van der Waals surface area contributed by atoms with E-state index in [0.717, 1.165) is 6.42 Å². The molecule has 0 aliphatic carbocycles. The van der Waals surface area contributed by atoms with Crippen molar-refractivity contribution in [2.75, 3.05) is 0 Å². The zero-order chi connectivity index (χ0) is 15.4. The third-order valence-corrected chi connectivity index (χ3v) is 4.64. The van der Waals surface area contributed by atoms with Gasteiger partial charge in [0.1, 0.15) is 0 Å². The summed E-state index contributed by atoms with van der Waals surface area (Å²) in [4.78, 5) is 4.69. The van der Waals surface area contributed by atoms with Crippen molar-refractivity contribution >= 4 is 21.8 Å². The fourth-order valence-electron chi connectivity index (χ4n) is 3.32. The highest BCUT2D eigenvalue weighted by molar-refractivity contribution is 6.07.